The molecule has 0 aliphatic rings. The van der Waals surface area contributed by atoms with E-state index in [-0.39, 0.29) is 0 Å². The molecule has 11 rings (SSSR count). The summed E-state index contributed by atoms with van der Waals surface area (Å²) in [5.74, 6) is 0. The van der Waals surface area contributed by atoms with Gasteiger partial charge in [-0.2, -0.15) is 0 Å². The highest BCUT2D eigenvalue weighted by atomic mass is 15.0. The molecule has 0 unspecified atom stereocenters. The Morgan fingerprint density at radius 2 is 1.02 bits per heavy atom. The van der Waals surface area contributed by atoms with Crippen LogP contribution in [0.4, 0.5) is 0 Å². The molecule has 0 saturated heterocycles. The van der Waals surface area contributed by atoms with E-state index in [1.165, 1.54) is 81.8 Å². The number of nitrogens with zero attached hydrogens (tertiary/aromatic N) is 3. The van der Waals surface area contributed by atoms with Crippen LogP contribution >= 0.6 is 0 Å². The molecule has 0 radical (unpaired) electrons. The second-order valence-corrected chi connectivity index (χ2v) is 12.8. The fourth-order valence-electron chi connectivity index (χ4n) is 8.29. The standard InChI is InChI=1S/C45H27N3/c1-3-10-31(11-4-1)47-38-15-8-7-14-34(38)37-26-29(20-24-39(37)47)33-21-17-28-18-23-36-43-30(19-22-35(33)42(28)43)27-41-44(36)45-40(16-9-25-46-45)48(41)32-12-5-2-6-13-32/h1-27H. The van der Waals surface area contributed by atoms with Gasteiger partial charge < -0.3 is 9.13 Å². The summed E-state index contributed by atoms with van der Waals surface area (Å²) in [4.78, 5) is 4.96. The maximum absolute atomic E-state index is 4.96. The van der Waals surface area contributed by atoms with Crippen LogP contribution in [-0.4, -0.2) is 14.1 Å². The predicted octanol–water partition coefficient (Wildman–Crippen LogP) is 11.8. The summed E-state index contributed by atoms with van der Waals surface area (Å²) in [6.07, 6.45) is 1.91. The molecule has 222 valence electrons. The maximum Gasteiger partial charge on any atom is 0.0969 e. The summed E-state index contributed by atoms with van der Waals surface area (Å²) in [7, 11) is 0. The van der Waals surface area contributed by atoms with Crippen molar-refractivity contribution in [3.63, 3.8) is 0 Å². The molecule has 0 N–H and O–H groups in total. The summed E-state index contributed by atoms with van der Waals surface area (Å²) in [5.41, 5.74) is 10.6. The van der Waals surface area contributed by atoms with E-state index < -0.39 is 0 Å². The highest BCUT2D eigenvalue weighted by molar-refractivity contribution is 6.33. The lowest BCUT2D eigenvalue weighted by atomic mass is 9.88. The first-order valence-electron chi connectivity index (χ1n) is 16.5. The van der Waals surface area contributed by atoms with E-state index in [1.54, 1.807) is 0 Å². The van der Waals surface area contributed by atoms with Crippen LogP contribution in [0.1, 0.15) is 0 Å². The van der Waals surface area contributed by atoms with E-state index in [4.69, 9.17) is 4.98 Å². The van der Waals surface area contributed by atoms with E-state index in [2.05, 4.69) is 161 Å². The molecule has 0 saturated carbocycles. The van der Waals surface area contributed by atoms with Gasteiger partial charge in [0.1, 0.15) is 0 Å². The SMILES string of the molecule is c1ccc(-n2c3ccccc3c3cc(-c4ccc5ccc6c7c(ccc4c57)cc4c6c5ncccc5n4-c4ccccc4)ccc32)cc1. The van der Waals surface area contributed by atoms with Crippen molar-refractivity contribution >= 4 is 76.1 Å². The largest absolute Gasteiger partial charge is 0.309 e. The van der Waals surface area contributed by atoms with Gasteiger partial charge in [0.25, 0.3) is 0 Å². The topological polar surface area (TPSA) is 22.8 Å². The van der Waals surface area contributed by atoms with Crippen LogP contribution in [0.25, 0.3) is 98.6 Å². The molecular weight excluding hydrogens is 583 g/mol. The van der Waals surface area contributed by atoms with Crippen LogP contribution in [0.15, 0.2) is 164 Å². The lowest BCUT2D eigenvalue weighted by molar-refractivity contribution is 1.18. The van der Waals surface area contributed by atoms with Gasteiger partial charge in [-0.3, -0.25) is 4.98 Å². The molecule has 0 aliphatic heterocycles. The van der Waals surface area contributed by atoms with E-state index in [0.717, 1.165) is 16.7 Å². The van der Waals surface area contributed by atoms with Gasteiger partial charge >= 0.3 is 0 Å². The monoisotopic (exact) mass is 609 g/mol. The Morgan fingerprint density at radius 3 is 1.85 bits per heavy atom. The number of hydrogen-bond donors (Lipinski definition) is 0. The zero-order valence-corrected chi connectivity index (χ0v) is 25.9. The molecule has 0 spiro atoms. The first kappa shape index (κ1) is 25.7. The minimum atomic E-state index is 1.04. The summed E-state index contributed by atoms with van der Waals surface area (Å²) < 4.78 is 4.74. The average Bonchev–Trinajstić information content (AvgIpc) is 3.67. The van der Waals surface area contributed by atoms with Gasteiger partial charge in [0.05, 0.1) is 27.6 Å². The molecule has 0 amide bonds. The van der Waals surface area contributed by atoms with Crippen molar-refractivity contribution in [2.45, 2.75) is 0 Å². The van der Waals surface area contributed by atoms with Gasteiger partial charge in [-0.05, 0) is 104 Å². The molecule has 11 aromatic rings. The molecule has 3 heteroatoms. The van der Waals surface area contributed by atoms with E-state index in [1.807, 2.05) is 12.3 Å². The van der Waals surface area contributed by atoms with Gasteiger partial charge in [-0.25, -0.2) is 0 Å². The van der Waals surface area contributed by atoms with Crippen LogP contribution in [0.5, 0.6) is 0 Å². The van der Waals surface area contributed by atoms with Gasteiger partial charge in [-0.15, -0.1) is 0 Å². The van der Waals surface area contributed by atoms with Gasteiger partial charge in [0, 0.05) is 33.7 Å². The number of rotatable bonds is 3. The van der Waals surface area contributed by atoms with Crippen molar-refractivity contribution in [3.05, 3.63) is 164 Å². The highest BCUT2D eigenvalue weighted by Gasteiger charge is 2.20. The summed E-state index contributed by atoms with van der Waals surface area (Å²) in [5, 5.41) is 11.4. The number of pyridine rings is 1. The summed E-state index contributed by atoms with van der Waals surface area (Å²) in [6, 6.07) is 57.4. The quantitative estimate of drug-likeness (QED) is 0.183. The number of fused-ring (bicyclic) bond motifs is 7. The fourth-order valence-corrected chi connectivity index (χ4v) is 8.29. The summed E-state index contributed by atoms with van der Waals surface area (Å²) in [6.45, 7) is 0. The Kier molecular flexibility index (Phi) is 5.11. The van der Waals surface area contributed by atoms with Gasteiger partial charge in [0.2, 0.25) is 0 Å². The minimum absolute atomic E-state index is 1.04. The number of aromatic nitrogens is 3. The van der Waals surface area contributed by atoms with Crippen molar-refractivity contribution < 1.29 is 0 Å². The first-order valence-corrected chi connectivity index (χ1v) is 16.5. The Morgan fingerprint density at radius 1 is 0.375 bits per heavy atom. The lowest BCUT2D eigenvalue weighted by Gasteiger charge is -2.16. The molecule has 48 heavy (non-hydrogen) atoms. The third kappa shape index (κ3) is 3.40. The van der Waals surface area contributed by atoms with Crippen LogP contribution < -0.4 is 0 Å². The molecule has 3 aromatic heterocycles. The third-order valence-electron chi connectivity index (χ3n) is 10.3. The third-order valence-corrected chi connectivity index (χ3v) is 10.3. The number of para-hydroxylation sites is 3. The molecule has 3 heterocycles. The Balaban J connectivity index is 1.20. The number of hydrogen-bond acceptors (Lipinski definition) is 1. The van der Waals surface area contributed by atoms with Crippen molar-refractivity contribution in [2.24, 2.45) is 0 Å². The van der Waals surface area contributed by atoms with Gasteiger partial charge in [0.15, 0.2) is 0 Å². The zero-order valence-electron chi connectivity index (χ0n) is 25.9. The van der Waals surface area contributed by atoms with Crippen LogP contribution in [0.3, 0.4) is 0 Å². The first-order chi connectivity index (χ1) is 23.8. The van der Waals surface area contributed by atoms with Crippen molar-refractivity contribution in [3.8, 4) is 22.5 Å². The van der Waals surface area contributed by atoms with E-state index in [0.29, 0.717) is 0 Å². The minimum Gasteiger partial charge on any atom is -0.309 e. The Labute approximate surface area is 275 Å². The highest BCUT2D eigenvalue weighted by Crippen LogP contribution is 2.45. The second-order valence-electron chi connectivity index (χ2n) is 12.8. The van der Waals surface area contributed by atoms with Crippen LogP contribution in [0, 0.1) is 0 Å². The molecule has 0 aliphatic carbocycles. The average molecular weight is 610 g/mol. The Bertz CT molecular complexity index is 3040. The van der Waals surface area contributed by atoms with Crippen molar-refractivity contribution in [1.82, 2.24) is 14.1 Å². The summed E-state index contributed by atoms with van der Waals surface area (Å²) >= 11 is 0. The maximum atomic E-state index is 4.96. The van der Waals surface area contributed by atoms with E-state index in [9.17, 15) is 0 Å². The van der Waals surface area contributed by atoms with Crippen LogP contribution in [0.2, 0.25) is 0 Å². The van der Waals surface area contributed by atoms with Crippen LogP contribution in [-0.2, 0) is 0 Å². The normalized spacial score (nSPS) is 12.2. The number of benzene rings is 8. The molecule has 0 atom stereocenters. The fraction of sp³-hybridized carbons (Fsp3) is 0. The molecule has 3 nitrogen and oxygen atoms in total. The smallest absolute Gasteiger partial charge is 0.0969 e. The lowest BCUT2D eigenvalue weighted by Crippen LogP contribution is -1.94. The molecule has 0 fully saturated rings. The Hall–Kier alpha value is -6.45. The van der Waals surface area contributed by atoms with Gasteiger partial charge in [-0.1, -0.05) is 97.1 Å². The van der Waals surface area contributed by atoms with Crippen molar-refractivity contribution in [2.75, 3.05) is 0 Å². The molecule has 8 aromatic carbocycles. The molecular formula is C45H27N3. The zero-order chi connectivity index (χ0) is 31.3. The van der Waals surface area contributed by atoms with Crippen molar-refractivity contribution in [1.29, 1.82) is 0 Å². The second kappa shape index (κ2) is 9.54. The predicted molar refractivity (Wildman–Crippen MR) is 202 cm³/mol. The molecule has 0 bridgehead atoms. The van der Waals surface area contributed by atoms with E-state index >= 15 is 0 Å².